The van der Waals surface area contributed by atoms with Gasteiger partial charge in [-0.05, 0) is 46.8 Å². The zero-order chi connectivity index (χ0) is 13.8. The maximum absolute atomic E-state index is 9.30. The van der Waals surface area contributed by atoms with Crippen LogP contribution in [0.15, 0.2) is 24.3 Å². The summed E-state index contributed by atoms with van der Waals surface area (Å²) >= 11 is 4.76. The van der Waals surface area contributed by atoms with Crippen LogP contribution in [0, 0.1) is 5.92 Å². The van der Waals surface area contributed by atoms with Crippen LogP contribution in [-0.2, 0) is 12.8 Å². The summed E-state index contributed by atoms with van der Waals surface area (Å²) in [5, 5.41) is 21.0. The van der Waals surface area contributed by atoms with Gasteiger partial charge in [-0.3, -0.25) is 0 Å². The van der Waals surface area contributed by atoms with Gasteiger partial charge in [0.1, 0.15) is 0 Å². The van der Waals surface area contributed by atoms with Crippen molar-refractivity contribution < 1.29 is 5.11 Å². The van der Waals surface area contributed by atoms with Crippen molar-refractivity contribution in [2.24, 2.45) is 5.92 Å². The Morgan fingerprint density at radius 2 is 2.05 bits per heavy atom. The summed E-state index contributed by atoms with van der Waals surface area (Å²) < 4.78 is 1.67. The summed E-state index contributed by atoms with van der Waals surface area (Å²) in [6.45, 7) is 3.96. The normalized spacial score (nSPS) is 12.3. The molecule has 0 amide bonds. The molecule has 1 aromatic heterocycles. The van der Waals surface area contributed by atoms with Gasteiger partial charge in [0.05, 0.1) is 5.69 Å². The number of aromatic nitrogens is 4. The molecule has 2 aromatic rings. The number of nitrogens with zero attached hydrogens (tertiary/aromatic N) is 4. The molecule has 0 saturated heterocycles. The summed E-state index contributed by atoms with van der Waals surface area (Å²) in [7, 11) is 0. The van der Waals surface area contributed by atoms with Gasteiger partial charge in [-0.25, -0.2) is 0 Å². The Morgan fingerprint density at radius 1 is 1.37 bits per heavy atom. The molecule has 0 spiro atoms. The topological polar surface area (TPSA) is 63.8 Å². The van der Waals surface area contributed by atoms with E-state index in [0.29, 0.717) is 12.2 Å². The van der Waals surface area contributed by atoms with Gasteiger partial charge in [-0.15, -0.1) is 5.10 Å². The largest absolute Gasteiger partial charge is 0.502 e. The maximum atomic E-state index is 9.30. The van der Waals surface area contributed by atoms with E-state index in [2.05, 4.69) is 34.6 Å². The van der Waals surface area contributed by atoms with Crippen molar-refractivity contribution >= 4 is 17.3 Å². The van der Waals surface area contributed by atoms with E-state index in [-0.39, 0.29) is 11.0 Å². The first kappa shape index (κ1) is 13.6. The lowest BCUT2D eigenvalue weighted by Crippen LogP contribution is -2.14. The first-order valence-corrected chi connectivity index (χ1v) is 6.62. The second-order valence-electron chi connectivity index (χ2n) is 4.47. The highest BCUT2D eigenvalue weighted by atomic mass is 32.1. The van der Waals surface area contributed by atoms with Gasteiger partial charge in [-0.1, -0.05) is 26.0 Å². The van der Waals surface area contributed by atoms with Crippen LogP contribution in [0.2, 0.25) is 0 Å². The average Bonchev–Trinajstić information content (AvgIpc) is 2.87. The molecule has 0 aliphatic rings. The molecule has 0 radical (unpaired) electrons. The summed E-state index contributed by atoms with van der Waals surface area (Å²) in [6, 6.07) is 8.09. The smallest absolute Gasteiger partial charge is 0.159 e. The molecule has 100 valence electrons. The van der Waals surface area contributed by atoms with Gasteiger partial charge in [-0.2, -0.15) is 4.68 Å². The third-order valence-corrected chi connectivity index (χ3v) is 3.44. The number of rotatable bonds is 5. The molecule has 19 heavy (non-hydrogen) atoms. The molecule has 1 atom stereocenters. The average molecular weight is 276 g/mol. The quantitative estimate of drug-likeness (QED) is 0.849. The van der Waals surface area contributed by atoms with Crippen molar-refractivity contribution in [1.82, 2.24) is 20.2 Å². The third kappa shape index (κ3) is 3.14. The Hall–Kier alpha value is -1.82. The van der Waals surface area contributed by atoms with Gasteiger partial charge in [0.25, 0.3) is 0 Å². The van der Waals surface area contributed by atoms with Crippen LogP contribution in [-0.4, -0.2) is 30.4 Å². The third-order valence-electron chi connectivity index (χ3n) is 3.03. The van der Waals surface area contributed by atoms with Crippen LogP contribution >= 0.6 is 12.2 Å². The summed E-state index contributed by atoms with van der Waals surface area (Å²) in [5.41, 5.74) is 2.18. The van der Waals surface area contributed by atoms with Crippen molar-refractivity contribution in [3.63, 3.8) is 0 Å². The van der Waals surface area contributed by atoms with Gasteiger partial charge < -0.3 is 5.11 Å². The summed E-state index contributed by atoms with van der Waals surface area (Å²) in [4.78, 5) is 0. The molecule has 0 aliphatic heterocycles. The van der Waals surface area contributed by atoms with Crippen LogP contribution in [0.5, 0.6) is 0 Å². The molecule has 2 rings (SSSR count). The number of aliphatic hydroxyl groups is 1. The number of hydrogen-bond donors (Lipinski definition) is 1. The first-order valence-electron chi connectivity index (χ1n) is 6.21. The Bertz CT molecular complexity index is 564. The van der Waals surface area contributed by atoms with Crippen LogP contribution in [0.3, 0.4) is 0 Å². The van der Waals surface area contributed by atoms with Gasteiger partial charge in [0.2, 0.25) is 0 Å². The van der Waals surface area contributed by atoms with Crippen LogP contribution < -0.4 is 0 Å². The second-order valence-corrected chi connectivity index (χ2v) is 4.89. The Balaban J connectivity index is 2.25. The van der Waals surface area contributed by atoms with Gasteiger partial charge >= 0.3 is 0 Å². The van der Waals surface area contributed by atoms with Crippen molar-refractivity contribution in [3.05, 3.63) is 35.7 Å². The van der Waals surface area contributed by atoms with E-state index in [0.717, 1.165) is 12.1 Å². The molecular weight excluding hydrogens is 260 g/mol. The number of hydrogen-bond acceptors (Lipinski definition) is 4. The fraction of sp³-hybridized carbons (Fsp3) is 0.385. The molecule has 1 aromatic carbocycles. The number of tetrazole rings is 1. The summed E-state index contributed by atoms with van der Waals surface area (Å²) in [6.07, 6.45) is 1.51. The molecule has 1 heterocycles. The van der Waals surface area contributed by atoms with E-state index < -0.39 is 0 Å². The zero-order valence-electron chi connectivity index (χ0n) is 10.9. The fourth-order valence-electron chi connectivity index (χ4n) is 1.77. The van der Waals surface area contributed by atoms with Gasteiger partial charge in [0, 0.05) is 12.3 Å². The number of thiocarbonyl (C=S) groups is 1. The van der Waals surface area contributed by atoms with E-state index in [1.54, 1.807) is 4.68 Å². The fourth-order valence-corrected chi connectivity index (χ4v) is 1.85. The van der Waals surface area contributed by atoms with E-state index in [1.807, 2.05) is 19.1 Å². The lowest BCUT2D eigenvalue weighted by atomic mass is 10.1. The maximum Gasteiger partial charge on any atom is 0.159 e. The molecule has 0 aliphatic carbocycles. The van der Waals surface area contributed by atoms with E-state index in [4.69, 9.17) is 12.2 Å². The van der Waals surface area contributed by atoms with Crippen LogP contribution in [0.4, 0.5) is 0 Å². The van der Waals surface area contributed by atoms with Gasteiger partial charge in [0.15, 0.2) is 10.9 Å². The van der Waals surface area contributed by atoms with Crippen molar-refractivity contribution in [3.8, 4) is 5.69 Å². The molecule has 6 heteroatoms. The minimum Gasteiger partial charge on any atom is -0.502 e. The molecular formula is C13H16N4OS. The van der Waals surface area contributed by atoms with Crippen molar-refractivity contribution in [2.75, 3.05) is 0 Å². The highest BCUT2D eigenvalue weighted by Gasteiger charge is 2.15. The van der Waals surface area contributed by atoms with E-state index in [1.165, 1.54) is 5.56 Å². The van der Waals surface area contributed by atoms with Crippen molar-refractivity contribution in [2.45, 2.75) is 26.7 Å². The minimum absolute atomic E-state index is 0.0177. The Kier molecular flexibility index (Phi) is 4.21. The molecule has 0 bridgehead atoms. The lowest BCUT2D eigenvalue weighted by molar-refractivity contribution is 0.502. The predicted molar refractivity (Wildman–Crippen MR) is 76.6 cm³/mol. The monoisotopic (exact) mass is 276 g/mol. The zero-order valence-corrected chi connectivity index (χ0v) is 11.8. The van der Waals surface area contributed by atoms with E-state index in [9.17, 15) is 5.11 Å². The Labute approximate surface area is 117 Å². The molecule has 0 fully saturated rings. The highest BCUT2D eigenvalue weighted by molar-refractivity contribution is 7.80. The second kappa shape index (κ2) is 5.88. The SMILES string of the molecule is CCc1ccc(-n2nnnc2CC(C)C(O)=S)cc1. The standard InChI is InChI=1S/C13H16N4OS/c1-3-10-4-6-11(7-5-10)17-12(14-15-16-17)8-9(2)13(18)19/h4-7,9H,3,8H2,1-2H3,(H,18,19). The molecule has 0 saturated carbocycles. The molecule has 1 unspecified atom stereocenters. The summed E-state index contributed by atoms with van der Waals surface area (Å²) in [5.74, 6) is 0.544. The molecule has 5 nitrogen and oxygen atoms in total. The number of aliphatic hydroxyl groups excluding tert-OH is 1. The van der Waals surface area contributed by atoms with Crippen LogP contribution in [0.25, 0.3) is 5.69 Å². The predicted octanol–water partition coefficient (Wildman–Crippen LogP) is 2.29. The highest BCUT2D eigenvalue weighted by Crippen LogP contribution is 2.13. The number of benzene rings is 1. The molecule has 1 N–H and O–H groups in total. The Morgan fingerprint density at radius 3 is 2.63 bits per heavy atom. The number of aryl methyl sites for hydroxylation is 1. The minimum atomic E-state index is -0.144. The van der Waals surface area contributed by atoms with E-state index >= 15 is 0 Å². The van der Waals surface area contributed by atoms with Crippen molar-refractivity contribution in [1.29, 1.82) is 0 Å². The first-order chi connectivity index (χ1) is 9.11. The van der Waals surface area contributed by atoms with Crippen LogP contribution in [0.1, 0.15) is 25.2 Å². The lowest BCUT2D eigenvalue weighted by Gasteiger charge is -2.08.